The van der Waals surface area contributed by atoms with E-state index in [2.05, 4.69) is 36.9 Å². The third-order valence-electron chi connectivity index (χ3n) is 7.25. The number of morpholine rings is 1. The lowest BCUT2D eigenvalue weighted by Gasteiger charge is -2.38. The van der Waals surface area contributed by atoms with Crippen molar-refractivity contribution in [3.63, 3.8) is 0 Å². The van der Waals surface area contributed by atoms with Gasteiger partial charge in [-0.15, -0.1) is 0 Å². The van der Waals surface area contributed by atoms with Gasteiger partial charge in [0.25, 0.3) is 5.91 Å². The van der Waals surface area contributed by atoms with Crippen molar-refractivity contribution in [3.05, 3.63) is 71.9 Å². The number of benzene rings is 1. The van der Waals surface area contributed by atoms with Crippen LogP contribution in [0.15, 0.2) is 55.0 Å². The fourth-order valence-electron chi connectivity index (χ4n) is 5.53. The van der Waals surface area contributed by atoms with Gasteiger partial charge in [0.15, 0.2) is 0 Å². The first kappa shape index (κ1) is 21.3. The minimum Gasteiger partial charge on any atom is -0.373 e. The van der Waals surface area contributed by atoms with Crippen LogP contribution >= 0.6 is 0 Å². The van der Waals surface area contributed by atoms with Crippen LogP contribution in [0.5, 0.6) is 0 Å². The number of carbonyl (C=O) groups excluding carboxylic acids is 1. The van der Waals surface area contributed by atoms with E-state index in [9.17, 15) is 9.18 Å². The fourth-order valence-corrected chi connectivity index (χ4v) is 5.53. The van der Waals surface area contributed by atoms with E-state index in [0.29, 0.717) is 41.9 Å². The van der Waals surface area contributed by atoms with Crippen molar-refractivity contribution in [2.45, 2.75) is 18.7 Å². The number of hydrogen-bond acceptors (Lipinski definition) is 7. The van der Waals surface area contributed by atoms with Gasteiger partial charge in [-0.25, -0.2) is 14.4 Å². The van der Waals surface area contributed by atoms with Crippen LogP contribution in [-0.4, -0.2) is 58.7 Å². The topological polar surface area (TPSA) is 95.8 Å². The number of nitrogens with one attached hydrogen (secondary N) is 3. The van der Waals surface area contributed by atoms with E-state index < -0.39 is 0 Å². The minimum absolute atomic E-state index is 0.140. The van der Waals surface area contributed by atoms with Crippen LogP contribution in [0.25, 0.3) is 16.9 Å². The molecule has 0 radical (unpaired) electrons. The molecule has 3 aliphatic heterocycles. The summed E-state index contributed by atoms with van der Waals surface area (Å²) in [5, 5.41) is 9.66. The molecule has 2 atom stereocenters. The standard InChI is InChI=1S/C26H24FN7O2/c27-15-5-6-34-20(13-30-24(34)9-15)17-2-3-19(25-18(17)11-31-26(25)35)32-23-4-1-16(10-29-23)33-7-8-36-22-14-28-12-21(22)33/h1-6,9-10,13,21-22,28H,7-8,11-12,14H2,(H,29,32)(H,31,35)/t21-,22+/m0/s1. The predicted octanol–water partition coefficient (Wildman–Crippen LogP) is 2.70. The summed E-state index contributed by atoms with van der Waals surface area (Å²) in [7, 11) is 0. The van der Waals surface area contributed by atoms with Gasteiger partial charge in [-0.05, 0) is 29.8 Å². The lowest BCUT2D eigenvalue weighted by molar-refractivity contribution is 0.0349. The van der Waals surface area contributed by atoms with Gasteiger partial charge in [0.2, 0.25) is 0 Å². The lowest BCUT2D eigenvalue weighted by Crippen LogP contribution is -2.51. The van der Waals surface area contributed by atoms with E-state index in [0.717, 1.165) is 42.1 Å². The number of anilines is 3. The smallest absolute Gasteiger partial charge is 0.254 e. The Morgan fingerprint density at radius 1 is 1.11 bits per heavy atom. The summed E-state index contributed by atoms with van der Waals surface area (Å²) >= 11 is 0. The number of hydrogen-bond donors (Lipinski definition) is 3. The van der Waals surface area contributed by atoms with Gasteiger partial charge in [-0.1, -0.05) is 6.07 Å². The van der Waals surface area contributed by atoms with Crippen molar-refractivity contribution in [1.82, 2.24) is 25.0 Å². The predicted molar refractivity (Wildman–Crippen MR) is 133 cm³/mol. The summed E-state index contributed by atoms with van der Waals surface area (Å²) in [5.74, 6) is 0.181. The molecule has 10 heteroatoms. The normalized spacial score (nSPS) is 20.9. The van der Waals surface area contributed by atoms with Crippen LogP contribution in [0.2, 0.25) is 0 Å². The maximum Gasteiger partial charge on any atom is 0.254 e. The first-order valence-corrected chi connectivity index (χ1v) is 12.0. The molecular formula is C26H24FN7O2. The monoisotopic (exact) mass is 485 g/mol. The second kappa shape index (κ2) is 8.28. The number of halogens is 1. The number of rotatable bonds is 4. The zero-order chi connectivity index (χ0) is 24.2. The largest absolute Gasteiger partial charge is 0.373 e. The Morgan fingerprint density at radius 2 is 2.06 bits per heavy atom. The lowest BCUT2D eigenvalue weighted by atomic mass is 9.99. The molecule has 7 rings (SSSR count). The second-order valence-electron chi connectivity index (χ2n) is 9.27. The van der Waals surface area contributed by atoms with Crippen LogP contribution in [0.1, 0.15) is 15.9 Å². The van der Waals surface area contributed by atoms with E-state index in [1.807, 2.05) is 28.8 Å². The molecule has 36 heavy (non-hydrogen) atoms. The number of nitrogens with zero attached hydrogens (tertiary/aromatic N) is 4. The van der Waals surface area contributed by atoms with E-state index in [4.69, 9.17) is 4.74 Å². The molecule has 0 aliphatic carbocycles. The van der Waals surface area contributed by atoms with E-state index in [-0.39, 0.29) is 17.8 Å². The first-order valence-electron chi connectivity index (χ1n) is 12.0. The molecule has 9 nitrogen and oxygen atoms in total. The van der Waals surface area contributed by atoms with E-state index in [1.165, 1.54) is 12.1 Å². The average Bonchev–Trinajstić information content (AvgIpc) is 3.63. The summed E-state index contributed by atoms with van der Waals surface area (Å²) in [6.45, 7) is 3.73. The molecule has 3 N–H and O–H groups in total. The van der Waals surface area contributed by atoms with E-state index in [1.54, 1.807) is 12.4 Å². The molecule has 182 valence electrons. The Hall–Kier alpha value is -4.02. The molecule has 0 spiro atoms. The Labute approximate surface area is 206 Å². The number of fused-ring (bicyclic) bond motifs is 3. The molecule has 3 aliphatic rings. The van der Waals surface area contributed by atoms with Crippen molar-refractivity contribution in [2.24, 2.45) is 0 Å². The molecule has 0 saturated carbocycles. The molecule has 0 unspecified atom stereocenters. The molecule has 1 aromatic carbocycles. The number of imidazole rings is 1. The third kappa shape index (κ3) is 3.41. The number of carbonyl (C=O) groups is 1. The van der Waals surface area contributed by atoms with Gasteiger partial charge in [0.1, 0.15) is 17.3 Å². The highest BCUT2D eigenvalue weighted by Gasteiger charge is 2.36. The van der Waals surface area contributed by atoms with Gasteiger partial charge in [0.05, 0.1) is 53.8 Å². The molecule has 2 saturated heterocycles. The Balaban J connectivity index is 1.19. The second-order valence-corrected chi connectivity index (χ2v) is 9.27. The molecule has 1 amide bonds. The number of aromatic nitrogens is 3. The van der Waals surface area contributed by atoms with Crippen LogP contribution < -0.4 is 20.9 Å². The fraction of sp³-hybridized carbons (Fsp3) is 0.269. The summed E-state index contributed by atoms with van der Waals surface area (Å²) in [4.78, 5) is 24.1. The summed E-state index contributed by atoms with van der Waals surface area (Å²) in [6, 6.07) is 10.9. The average molecular weight is 486 g/mol. The van der Waals surface area contributed by atoms with Crippen LogP contribution in [-0.2, 0) is 11.3 Å². The van der Waals surface area contributed by atoms with Gasteiger partial charge in [0, 0.05) is 44.0 Å². The van der Waals surface area contributed by atoms with Crippen molar-refractivity contribution < 1.29 is 13.9 Å². The highest BCUT2D eigenvalue weighted by Crippen LogP contribution is 2.35. The zero-order valence-corrected chi connectivity index (χ0v) is 19.4. The Bertz CT molecular complexity index is 1490. The highest BCUT2D eigenvalue weighted by molar-refractivity contribution is 6.06. The quantitative estimate of drug-likeness (QED) is 0.409. The van der Waals surface area contributed by atoms with Gasteiger partial charge >= 0.3 is 0 Å². The molecular weight excluding hydrogens is 461 g/mol. The van der Waals surface area contributed by atoms with Gasteiger partial charge in [-0.3, -0.25) is 9.20 Å². The maximum atomic E-state index is 13.6. The van der Waals surface area contributed by atoms with Crippen molar-refractivity contribution >= 4 is 28.7 Å². The summed E-state index contributed by atoms with van der Waals surface area (Å²) in [5.41, 5.74) is 5.41. The maximum absolute atomic E-state index is 13.6. The van der Waals surface area contributed by atoms with Crippen LogP contribution in [0, 0.1) is 5.82 Å². The SMILES string of the molecule is O=C1NCc2c(-c3cnc4cc(F)ccn34)ccc(Nc3ccc(N4CCO[C@@H]5CNC[C@@H]54)cn3)c21. The number of amides is 1. The molecule has 2 fully saturated rings. The molecule has 3 aromatic heterocycles. The highest BCUT2D eigenvalue weighted by atomic mass is 19.1. The Kier molecular flexibility index (Phi) is 4.90. The molecule has 6 heterocycles. The molecule has 4 aromatic rings. The van der Waals surface area contributed by atoms with Crippen molar-refractivity contribution in [2.75, 3.05) is 36.5 Å². The first-order chi connectivity index (χ1) is 17.7. The summed E-state index contributed by atoms with van der Waals surface area (Å²) in [6.07, 6.45) is 5.44. The van der Waals surface area contributed by atoms with Gasteiger partial charge < -0.3 is 25.6 Å². The van der Waals surface area contributed by atoms with Crippen molar-refractivity contribution in [1.29, 1.82) is 0 Å². The molecule has 0 bridgehead atoms. The minimum atomic E-state index is -0.340. The van der Waals surface area contributed by atoms with Crippen LogP contribution in [0.3, 0.4) is 0 Å². The Morgan fingerprint density at radius 3 is 2.94 bits per heavy atom. The van der Waals surface area contributed by atoms with Crippen molar-refractivity contribution in [3.8, 4) is 11.3 Å². The van der Waals surface area contributed by atoms with E-state index >= 15 is 0 Å². The third-order valence-corrected chi connectivity index (χ3v) is 7.25. The van der Waals surface area contributed by atoms with Crippen LogP contribution in [0.4, 0.5) is 21.6 Å². The summed E-state index contributed by atoms with van der Waals surface area (Å²) < 4.78 is 21.3. The number of ether oxygens (including phenoxy) is 1. The van der Waals surface area contributed by atoms with Gasteiger partial charge in [-0.2, -0.15) is 0 Å². The zero-order valence-electron chi connectivity index (χ0n) is 19.4. The number of pyridine rings is 2.